The number of esters is 1. The van der Waals surface area contributed by atoms with Crippen LogP contribution < -0.4 is 0 Å². The molecule has 2 atom stereocenters. The van der Waals surface area contributed by atoms with Gasteiger partial charge in [0.05, 0.1) is 19.3 Å². The van der Waals surface area contributed by atoms with Crippen LogP contribution in [0.15, 0.2) is 12.3 Å². The van der Waals surface area contributed by atoms with Crippen LogP contribution in [-0.2, 0) is 19.3 Å². The van der Waals surface area contributed by atoms with E-state index in [0.29, 0.717) is 0 Å². The van der Waals surface area contributed by atoms with E-state index in [0.717, 1.165) is 0 Å². The first-order valence-corrected chi connectivity index (χ1v) is 4.97. The fourth-order valence-corrected chi connectivity index (χ4v) is 0.952. The van der Waals surface area contributed by atoms with Crippen molar-refractivity contribution in [3.63, 3.8) is 0 Å². The summed E-state index contributed by atoms with van der Waals surface area (Å²) in [6, 6.07) is 0. The van der Waals surface area contributed by atoms with Crippen LogP contribution in [0.4, 0.5) is 0 Å². The van der Waals surface area contributed by atoms with E-state index in [9.17, 15) is 15.0 Å². The van der Waals surface area contributed by atoms with Gasteiger partial charge >= 0.3 is 5.97 Å². The van der Waals surface area contributed by atoms with Gasteiger partial charge in [0.15, 0.2) is 5.76 Å². The molecule has 0 bridgehead atoms. The predicted octanol–water partition coefficient (Wildman–Crippen LogP) is 0.143. The molecule has 0 rings (SSSR count). The lowest BCUT2D eigenvalue weighted by Crippen LogP contribution is -2.51. The van der Waals surface area contributed by atoms with Crippen LogP contribution in [0.2, 0.25) is 0 Å². The average Bonchev–Trinajstić information content (AvgIpc) is 2.24. The van der Waals surface area contributed by atoms with Gasteiger partial charge in [0.2, 0.25) is 5.60 Å². The lowest BCUT2D eigenvalue weighted by molar-refractivity contribution is -0.281. The Morgan fingerprint density at radius 3 is 2.38 bits per heavy atom. The standard InChI is InChI=1S/C10H18O6/c1-5-14-9(12)10(13,7(3)11)8(4)16-15-6-2/h7,11,13H,4-6H2,1-3H3/t7-,10+/m1/s1. The van der Waals surface area contributed by atoms with Gasteiger partial charge in [-0.1, -0.05) is 6.58 Å². The highest BCUT2D eigenvalue weighted by molar-refractivity contribution is 5.83. The van der Waals surface area contributed by atoms with Crippen molar-refractivity contribution >= 4 is 5.97 Å². The molecule has 0 aromatic rings. The average molecular weight is 234 g/mol. The van der Waals surface area contributed by atoms with Crippen LogP contribution in [0.1, 0.15) is 20.8 Å². The fraction of sp³-hybridized carbons (Fsp3) is 0.700. The van der Waals surface area contributed by atoms with E-state index >= 15 is 0 Å². The minimum absolute atomic E-state index is 0.0653. The molecule has 0 spiro atoms. The molecule has 0 saturated heterocycles. The molecule has 0 aromatic heterocycles. The number of carbonyl (C=O) groups excluding carboxylic acids is 1. The second-order valence-corrected chi connectivity index (χ2v) is 3.08. The predicted molar refractivity (Wildman–Crippen MR) is 55.1 cm³/mol. The summed E-state index contributed by atoms with van der Waals surface area (Å²) in [6.07, 6.45) is -1.43. The van der Waals surface area contributed by atoms with Gasteiger partial charge in [-0.15, -0.1) is 0 Å². The molecule has 0 heterocycles. The second-order valence-electron chi connectivity index (χ2n) is 3.08. The Kier molecular flexibility index (Phi) is 6.02. The number of rotatable bonds is 7. The van der Waals surface area contributed by atoms with Crippen molar-refractivity contribution in [1.29, 1.82) is 0 Å². The number of aliphatic hydroxyl groups excluding tert-OH is 1. The highest BCUT2D eigenvalue weighted by atomic mass is 17.2. The third-order valence-electron chi connectivity index (χ3n) is 1.89. The Morgan fingerprint density at radius 2 is 2.00 bits per heavy atom. The highest BCUT2D eigenvalue weighted by Crippen LogP contribution is 2.23. The molecule has 0 radical (unpaired) electrons. The van der Waals surface area contributed by atoms with Gasteiger partial charge in [0, 0.05) is 0 Å². The topological polar surface area (TPSA) is 85.2 Å². The lowest BCUT2D eigenvalue weighted by atomic mass is 9.96. The van der Waals surface area contributed by atoms with E-state index in [1.807, 2.05) is 0 Å². The third-order valence-corrected chi connectivity index (χ3v) is 1.89. The van der Waals surface area contributed by atoms with Crippen molar-refractivity contribution in [2.45, 2.75) is 32.5 Å². The Bertz CT molecular complexity index is 250. The first-order chi connectivity index (χ1) is 7.41. The normalized spacial score (nSPS) is 16.1. The maximum atomic E-state index is 11.5. The maximum Gasteiger partial charge on any atom is 0.349 e. The van der Waals surface area contributed by atoms with Crippen molar-refractivity contribution in [2.75, 3.05) is 13.2 Å². The van der Waals surface area contributed by atoms with E-state index in [2.05, 4.69) is 21.1 Å². The van der Waals surface area contributed by atoms with Gasteiger partial charge in [0.1, 0.15) is 0 Å². The van der Waals surface area contributed by atoms with Crippen LogP contribution >= 0.6 is 0 Å². The van der Waals surface area contributed by atoms with E-state index in [1.54, 1.807) is 13.8 Å². The van der Waals surface area contributed by atoms with Crippen molar-refractivity contribution in [2.24, 2.45) is 0 Å². The largest absolute Gasteiger partial charge is 0.463 e. The minimum atomic E-state index is -2.33. The number of ether oxygens (including phenoxy) is 1. The Labute approximate surface area is 94.4 Å². The molecule has 0 unspecified atom stereocenters. The summed E-state index contributed by atoms with van der Waals surface area (Å²) in [6.45, 7) is 8.05. The zero-order chi connectivity index (χ0) is 12.8. The zero-order valence-electron chi connectivity index (χ0n) is 9.73. The number of carbonyl (C=O) groups is 1. The quantitative estimate of drug-likeness (QED) is 0.282. The molecule has 0 saturated carbocycles. The van der Waals surface area contributed by atoms with Gasteiger partial charge in [-0.25, -0.2) is 4.79 Å². The molecule has 0 aliphatic carbocycles. The summed E-state index contributed by atoms with van der Waals surface area (Å²) in [5.74, 6) is -1.45. The molecular weight excluding hydrogens is 216 g/mol. The third kappa shape index (κ3) is 3.19. The van der Waals surface area contributed by atoms with Gasteiger partial charge in [-0.3, -0.25) is 0 Å². The summed E-state index contributed by atoms with van der Waals surface area (Å²) in [4.78, 5) is 20.6. The highest BCUT2D eigenvalue weighted by Gasteiger charge is 2.48. The van der Waals surface area contributed by atoms with Gasteiger partial charge < -0.3 is 19.8 Å². The molecule has 0 aliphatic rings. The molecule has 0 amide bonds. The second kappa shape index (κ2) is 6.47. The Morgan fingerprint density at radius 1 is 1.44 bits per heavy atom. The fourth-order valence-electron chi connectivity index (χ4n) is 0.952. The maximum absolute atomic E-state index is 11.5. The first-order valence-electron chi connectivity index (χ1n) is 4.97. The molecule has 6 heteroatoms. The smallest absolute Gasteiger partial charge is 0.349 e. The molecule has 16 heavy (non-hydrogen) atoms. The molecule has 6 nitrogen and oxygen atoms in total. The van der Waals surface area contributed by atoms with E-state index < -0.39 is 23.4 Å². The van der Waals surface area contributed by atoms with Gasteiger partial charge in [-0.05, 0) is 20.8 Å². The van der Waals surface area contributed by atoms with E-state index in [1.165, 1.54) is 6.92 Å². The summed E-state index contributed by atoms with van der Waals surface area (Å²) in [5.41, 5.74) is -2.33. The number of hydrogen-bond acceptors (Lipinski definition) is 6. The zero-order valence-corrected chi connectivity index (χ0v) is 9.73. The van der Waals surface area contributed by atoms with Crippen LogP contribution in [0, 0.1) is 0 Å². The molecule has 2 N–H and O–H groups in total. The van der Waals surface area contributed by atoms with E-state index in [4.69, 9.17) is 0 Å². The van der Waals surface area contributed by atoms with Crippen LogP contribution in [0.25, 0.3) is 0 Å². The molecular formula is C10H18O6. The summed E-state index contributed by atoms with van der Waals surface area (Å²) in [5, 5.41) is 19.3. The Hall–Kier alpha value is -1.11. The van der Waals surface area contributed by atoms with Crippen LogP contribution in [-0.4, -0.2) is 41.1 Å². The Balaban J connectivity index is 4.81. The summed E-state index contributed by atoms with van der Waals surface area (Å²) in [7, 11) is 0. The van der Waals surface area contributed by atoms with Crippen LogP contribution in [0.5, 0.6) is 0 Å². The number of hydrogen-bond donors (Lipinski definition) is 2. The molecule has 0 aromatic carbocycles. The minimum Gasteiger partial charge on any atom is -0.463 e. The van der Waals surface area contributed by atoms with Crippen molar-refractivity contribution in [3.8, 4) is 0 Å². The molecule has 0 fully saturated rings. The summed E-state index contributed by atoms with van der Waals surface area (Å²) < 4.78 is 4.62. The van der Waals surface area contributed by atoms with Crippen molar-refractivity contribution in [3.05, 3.63) is 12.3 Å². The SMILES string of the molecule is C=C(OOCC)[C@](O)(C(=O)OCC)[C@@H](C)O. The van der Waals surface area contributed by atoms with Crippen LogP contribution in [0.3, 0.4) is 0 Å². The lowest BCUT2D eigenvalue weighted by Gasteiger charge is -2.28. The van der Waals surface area contributed by atoms with Gasteiger partial charge in [0.25, 0.3) is 0 Å². The monoisotopic (exact) mass is 234 g/mol. The van der Waals surface area contributed by atoms with Crippen molar-refractivity contribution < 1.29 is 29.5 Å². The van der Waals surface area contributed by atoms with Crippen molar-refractivity contribution in [1.82, 2.24) is 0 Å². The number of aliphatic hydroxyl groups is 2. The molecule has 0 aliphatic heterocycles. The summed E-state index contributed by atoms with van der Waals surface area (Å²) >= 11 is 0. The van der Waals surface area contributed by atoms with E-state index in [-0.39, 0.29) is 13.2 Å². The van der Waals surface area contributed by atoms with Gasteiger partial charge in [-0.2, -0.15) is 4.89 Å². The molecule has 94 valence electrons. The first kappa shape index (κ1) is 14.9.